The number of hydrogen-bond acceptors (Lipinski definition) is 2. The van der Waals surface area contributed by atoms with Gasteiger partial charge in [-0.3, -0.25) is 4.79 Å². The summed E-state index contributed by atoms with van der Waals surface area (Å²) in [6, 6.07) is 0. The maximum absolute atomic E-state index is 11.6. The van der Waals surface area contributed by atoms with Crippen LogP contribution in [0.1, 0.15) is 46.5 Å². The first-order chi connectivity index (χ1) is 10.1. The fourth-order valence-corrected chi connectivity index (χ4v) is 1.61. The second-order valence-corrected chi connectivity index (χ2v) is 4.97. The van der Waals surface area contributed by atoms with Gasteiger partial charge >= 0.3 is 0 Å². The highest BCUT2D eigenvalue weighted by atomic mass is 16.3. The molecule has 0 aliphatic rings. The molecule has 1 amide bonds. The van der Waals surface area contributed by atoms with Crippen LogP contribution in [-0.2, 0) is 4.79 Å². The molecule has 0 atom stereocenters. The molecule has 3 heteroatoms. The number of carbonyl (C=O) groups excluding carboxylic acids is 1. The highest BCUT2D eigenvalue weighted by Crippen LogP contribution is 2.12. The van der Waals surface area contributed by atoms with Crippen LogP contribution in [0, 0.1) is 0 Å². The number of carbonyl (C=O) groups is 1. The molecule has 0 aromatic rings. The fraction of sp³-hybridized carbons (Fsp3) is 0.500. The molecule has 0 fully saturated rings. The first kappa shape index (κ1) is 19.4. The van der Waals surface area contributed by atoms with Crippen molar-refractivity contribution in [1.29, 1.82) is 0 Å². The van der Waals surface area contributed by atoms with Crippen LogP contribution in [0.2, 0.25) is 0 Å². The van der Waals surface area contributed by atoms with Gasteiger partial charge in [-0.2, -0.15) is 0 Å². The molecule has 3 nitrogen and oxygen atoms in total. The third-order valence-corrected chi connectivity index (χ3v) is 3.34. The van der Waals surface area contributed by atoms with Crippen molar-refractivity contribution in [2.45, 2.75) is 52.1 Å². The standard InChI is InChI=1S/C18H29NO2/c1-4-7-8-9-10-11-12-13-14-15-17(20)19-16-18(21,5-2)6-3/h4,7-11,14-15,21H,5-6,12-13,16H2,1-3H3,(H,19,20). The molecule has 0 aromatic carbocycles. The van der Waals surface area contributed by atoms with E-state index in [9.17, 15) is 9.90 Å². The normalized spacial score (nSPS) is 13.1. The molecule has 2 N–H and O–H groups in total. The number of rotatable bonds is 10. The summed E-state index contributed by atoms with van der Waals surface area (Å²) in [4.78, 5) is 11.6. The summed E-state index contributed by atoms with van der Waals surface area (Å²) >= 11 is 0. The number of aliphatic hydroxyl groups is 1. The number of allylic oxidation sites excluding steroid dienone is 7. The third-order valence-electron chi connectivity index (χ3n) is 3.34. The highest BCUT2D eigenvalue weighted by Gasteiger charge is 2.21. The zero-order chi connectivity index (χ0) is 16.0. The minimum Gasteiger partial charge on any atom is -0.388 e. The maximum atomic E-state index is 11.6. The zero-order valence-corrected chi connectivity index (χ0v) is 13.5. The van der Waals surface area contributed by atoms with E-state index in [0.29, 0.717) is 19.4 Å². The average Bonchev–Trinajstić information content (AvgIpc) is 2.51. The Balaban J connectivity index is 3.86. The van der Waals surface area contributed by atoms with Gasteiger partial charge in [-0.05, 0) is 38.7 Å². The van der Waals surface area contributed by atoms with E-state index in [4.69, 9.17) is 0 Å². The minimum absolute atomic E-state index is 0.146. The van der Waals surface area contributed by atoms with E-state index in [1.807, 2.05) is 57.2 Å². The van der Waals surface area contributed by atoms with Gasteiger partial charge in [-0.15, -0.1) is 0 Å². The Morgan fingerprint density at radius 1 is 1.05 bits per heavy atom. The Bertz CT molecular complexity index is 388. The van der Waals surface area contributed by atoms with Crippen LogP contribution in [0.5, 0.6) is 0 Å². The van der Waals surface area contributed by atoms with Crippen molar-refractivity contribution >= 4 is 5.91 Å². The van der Waals surface area contributed by atoms with Crippen molar-refractivity contribution < 1.29 is 9.90 Å². The molecule has 0 radical (unpaired) electrons. The van der Waals surface area contributed by atoms with Gasteiger partial charge in [-0.25, -0.2) is 0 Å². The molecule has 21 heavy (non-hydrogen) atoms. The predicted octanol–water partition coefficient (Wildman–Crippen LogP) is 3.68. The van der Waals surface area contributed by atoms with Gasteiger partial charge in [0.2, 0.25) is 5.91 Å². The number of nitrogens with one attached hydrogen (secondary N) is 1. The van der Waals surface area contributed by atoms with E-state index in [1.54, 1.807) is 0 Å². The lowest BCUT2D eigenvalue weighted by molar-refractivity contribution is -0.117. The number of unbranched alkanes of at least 4 members (excludes halogenated alkanes) is 1. The van der Waals surface area contributed by atoms with Gasteiger partial charge in [0.15, 0.2) is 0 Å². The van der Waals surface area contributed by atoms with E-state index in [1.165, 1.54) is 6.08 Å². The van der Waals surface area contributed by atoms with Gasteiger partial charge < -0.3 is 10.4 Å². The molecule has 0 spiro atoms. The minimum atomic E-state index is -0.786. The summed E-state index contributed by atoms with van der Waals surface area (Å²) in [5.41, 5.74) is -0.786. The third kappa shape index (κ3) is 10.8. The predicted molar refractivity (Wildman–Crippen MR) is 90.0 cm³/mol. The Hall–Kier alpha value is -1.61. The summed E-state index contributed by atoms with van der Waals surface area (Å²) < 4.78 is 0. The molecule has 0 bridgehead atoms. The first-order valence-electron chi connectivity index (χ1n) is 7.69. The summed E-state index contributed by atoms with van der Waals surface area (Å²) in [5, 5.41) is 12.8. The lowest BCUT2D eigenvalue weighted by Gasteiger charge is -2.24. The Kier molecular flexibility index (Phi) is 11.2. The van der Waals surface area contributed by atoms with Crippen molar-refractivity contribution in [3.05, 3.63) is 48.6 Å². The van der Waals surface area contributed by atoms with E-state index >= 15 is 0 Å². The largest absolute Gasteiger partial charge is 0.388 e. The van der Waals surface area contributed by atoms with Crippen molar-refractivity contribution in [2.75, 3.05) is 6.54 Å². The number of amides is 1. The SMILES string of the molecule is CC=CC=CC=CCCC=CC(=O)NCC(O)(CC)CC. The average molecular weight is 291 g/mol. The Morgan fingerprint density at radius 2 is 1.67 bits per heavy atom. The molecule has 0 aliphatic heterocycles. The van der Waals surface area contributed by atoms with Crippen LogP contribution in [0.4, 0.5) is 0 Å². The second kappa shape index (κ2) is 12.2. The fourth-order valence-electron chi connectivity index (χ4n) is 1.61. The van der Waals surface area contributed by atoms with Crippen LogP contribution in [-0.4, -0.2) is 23.2 Å². The Labute approximate surface area is 129 Å². The van der Waals surface area contributed by atoms with E-state index < -0.39 is 5.60 Å². The second-order valence-electron chi connectivity index (χ2n) is 4.97. The molecule has 0 aromatic heterocycles. The zero-order valence-electron chi connectivity index (χ0n) is 13.5. The number of hydrogen-bond donors (Lipinski definition) is 2. The van der Waals surface area contributed by atoms with E-state index in [0.717, 1.165) is 12.8 Å². The van der Waals surface area contributed by atoms with Crippen molar-refractivity contribution in [1.82, 2.24) is 5.32 Å². The maximum Gasteiger partial charge on any atom is 0.243 e. The monoisotopic (exact) mass is 291 g/mol. The molecular formula is C18H29NO2. The summed E-state index contributed by atoms with van der Waals surface area (Å²) in [6.07, 6.45) is 18.4. The molecule has 0 rings (SSSR count). The highest BCUT2D eigenvalue weighted by molar-refractivity contribution is 5.87. The summed E-state index contributed by atoms with van der Waals surface area (Å²) in [5.74, 6) is -0.146. The molecule has 0 unspecified atom stereocenters. The van der Waals surface area contributed by atoms with Gasteiger partial charge in [0.1, 0.15) is 0 Å². The summed E-state index contributed by atoms with van der Waals surface area (Å²) in [7, 11) is 0. The van der Waals surface area contributed by atoms with Crippen molar-refractivity contribution in [2.24, 2.45) is 0 Å². The smallest absolute Gasteiger partial charge is 0.243 e. The van der Waals surface area contributed by atoms with Gasteiger partial charge in [0, 0.05) is 6.54 Å². The molecular weight excluding hydrogens is 262 g/mol. The molecule has 0 saturated heterocycles. The summed E-state index contributed by atoms with van der Waals surface area (Å²) in [6.45, 7) is 6.12. The van der Waals surface area contributed by atoms with Gasteiger partial charge in [0.25, 0.3) is 0 Å². The molecule has 118 valence electrons. The lowest BCUT2D eigenvalue weighted by atomic mass is 9.98. The van der Waals surface area contributed by atoms with Crippen molar-refractivity contribution in [3.8, 4) is 0 Å². The van der Waals surface area contributed by atoms with Crippen molar-refractivity contribution in [3.63, 3.8) is 0 Å². The van der Waals surface area contributed by atoms with Crippen LogP contribution in [0.25, 0.3) is 0 Å². The molecule has 0 saturated carbocycles. The lowest BCUT2D eigenvalue weighted by Crippen LogP contribution is -2.41. The Morgan fingerprint density at radius 3 is 2.29 bits per heavy atom. The van der Waals surface area contributed by atoms with Crippen LogP contribution in [0.3, 0.4) is 0 Å². The topological polar surface area (TPSA) is 49.3 Å². The molecule has 0 heterocycles. The van der Waals surface area contributed by atoms with E-state index in [2.05, 4.69) is 11.4 Å². The van der Waals surface area contributed by atoms with Crippen LogP contribution < -0.4 is 5.32 Å². The van der Waals surface area contributed by atoms with Crippen LogP contribution in [0.15, 0.2) is 48.6 Å². The van der Waals surface area contributed by atoms with E-state index in [-0.39, 0.29) is 5.91 Å². The van der Waals surface area contributed by atoms with Gasteiger partial charge in [0.05, 0.1) is 5.60 Å². The first-order valence-corrected chi connectivity index (χ1v) is 7.69. The van der Waals surface area contributed by atoms with Crippen LogP contribution >= 0.6 is 0 Å². The molecule has 0 aliphatic carbocycles. The quantitative estimate of drug-likeness (QED) is 0.366. The van der Waals surface area contributed by atoms with Gasteiger partial charge in [-0.1, -0.05) is 56.4 Å².